The van der Waals surface area contributed by atoms with Crippen LogP contribution in [0.4, 0.5) is 0 Å². The molecule has 0 unspecified atom stereocenters. The van der Waals surface area contributed by atoms with Gasteiger partial charge in [0.1, 0.15) is 11.2 Å². The summed E-state index contributed by atoms with van der Waals surface area (Å²) in [6, 6.07) is 53.9. The van der Waals surface area contributed by atoms with Crippen LogP contribution in [0.5, 0.6) is 0 Å². The minimum atomic E-state index is 0.578. The topological polar surface area (TPSA) is 69.9 Å². The highest BCUT2D eigenvalue weighted by Gasteiger charge is 2.21. The Labute approximate surface area is 290 Å². The molecule has 0 N–H and O–H groups in total. The van der Waals surface area contributed by atoms with Crippen LogP contribution in [0.3, 0.4) is 0 Å². The molecule has 0 saturated heterocycles. The quantitative estimate of drug-likeness (QED) is 0.189. The van der Waals surface area contributed by atoms with E-state index in [1.54, 1.807) is 0 Å². The lowest BCUT2D eigenvalue weighted by Gasteiger charge is -2.09. The van der Waals surface area contributed by atoms with E-state index in [1.807, 2.05) is 72.8 Å². The molecule has 0 fully saturated rings. The summed E-state index contributed by atoms with van der Waals surface area (Å²) in [5.74, 6) is 1.81. The Kier molecular flexibility index (Phi) is 5.86. The van der Waals surface area contributed by atoms with E-state index in [4.69, 9.17) is 23.8 Å². The van der Waals surface area contributed by atoms with Gasteiger partial charge in [0.25, 0.3) is 0 Å². The lowest BCUT2D eigenvalue weighted by Crippen LogP contribution is -2.00. The number of nitrogens with zero attached hydrogens (tertiary/aromatic N) is 4. The lowest BCUT2D eigenvalue weighted by atomic mass is 10.1. The summed E-state index contributed by atoms with van der Waals surface area (Å²) in [7, 11) is 0. The molecule has 238 valence electrons. The molecule has 0 saturated carbocycles. The number of furan rings is 2. The Morgan fingerprint density at radius 3 is 1.57 bits per heavy atom. The van der Waals surface area contributed by atoms with Crippen LogP contribution in [0.1, 0.15) is 0 Å². The first-order chi connectivity index (χ1) is 25.3. The first-order valence-corrected chi connectivity index (χ1v) is 16.9. The van der Waals surface area contributed by atoms with Gasteiger partial charge in [-0.2, -0.15) is 0 Å². The zero-order chi connectivity index (χ0) is 33.5. The van der Waals surface area contributed by atoms with Crippen LogP contribution in [-0.4, -0.2) is 19.5 Å². The normalized spacial score (nSPS) is 11.9. The molecule has 0 amide bonds. The van der Waals surface area contributed by atoms with Gasteiger partial charge < -0.3 is 13.4 Å². The Hall–Kier alpha value is -7.05. The second kappa shape index (κ2) is 10.7. The van der Waals surface area contributed by atoms with E-state index in [0.29, 0.717) is 17.5 Å². The number of hydrogen-bond donors (Lipinski definition) is 0. The Bertz CT molecular complexity index is 3030. The maximum absolute atomic E-state index is 6.69. The standard InChI is InChI=1S/C45H26N4O2/c1-3-12-27(13-4-1)43-46-44(28-14-5-2-6-15-28)48-45(47-43)29-22-23-32-33-24-25-34-40-37(20-11-21-38(40)50-42(34)41(33)51-39(32)26-29)49-35-18-9-7-16-30(35)31-17-8-10-19-36(31)49/h1-26H. The van der Waals surface area contributed by atoms with E-state index in [1.165, 1.54) is 10.8 Å². The molecule has 7 aromatic carbocycles. The van der Waals surface area contributed by atoms with E-state index in [9.17, 15) is 0 Å². The summed E-state index contributed by atoms with van der Waals surface area (Å²) in [6.45, 7) is 0. The number of para-hydroxylation sites is 2. The van der Waals surface area contributed by atoms with Crippen molar-refractivity contribution in [3.05, 3.63) is 158 Å². The molecule has 0 bridgehead atoms. The molecule has 4 heterocycles. The predicted octanol–water partition coefficient (Wildman–Crippen LogP) is 11.8. The van der Waals surface area contributed by atoms with Crippen LogP contribution in [0, 0.1) is 0 Å². The minimum absolute atomic E-state index is 0.578. The number of fused-ring (bicyclic) bond motifs is 10. The lowest BCUT2D eigenvalue weighted by molar-refractivity contribution is 0.633. The Morgan fingerprint density at radius 1 is 0.373 bits per heavy atom. The first kappa shape index (κ1) is 27.9. The summed E-state index contributed by atoms with van der Waals surface area (Å²) < 4.78 is 15.7. The van der Waals surface area contributed by atoms with Crippen molar-refractivity contribution in [2.75, 3.05) is 0 Å². The third kappa shape index (κ3) is 4.20. The zero-order valence-corrected chi connectivity index (χ0v) is 27.1. The third-order valence-corrected chi connectivity index (χ3v) is 9.86. The van der Waals surface area contributed by atoms with Crippen molar-refractivity contribution in [1.82, 2.24) is 19.5 Å². The van der Waals surface area contributed by atoms with Crippen molar-refractivity contribution < 1.29 is 8.83 Å². The molecule has 0 spiro atoms. The second-order valence-electron chi connectivity index (χ2n) is 12.8. The van der Waals surface area contributed by atoms with Gasteiger partial charge in [-0.05, 0) is 48.5 Å². The Balaban J connectivity index is 1.11. The van der Waals surface area contributed by atoms with Gasteiger partial charge in [0, 0.05) is 43.6 Å². The molecule has 4 aromatic heterocycles. The number of aromatic nitrogens is 4. The van der Waals surface area contributed by atoms with Gasteiger partial charge in [-0.1, -0.05) is 109 Å². The molecule has 0 aliphatic carbocycles. The van der Waals surface area contributed by atoms with Crippen LogP contribution in [0.2, 0.25) is 0 Å². The smallest absolute Gasteiger partial charge is 0.178 e. The van der Waals surface area contributed by atoms with Crippen molar-refractivity contribution in [2.24, 2.45) is 0 Å². The maximum atomic E-state index is 6.69. The van der Waals surface area contributed by atoms with Gasteiger partial charge in [0.15, 0.2) is 28.6 Å². The van der Waals surface area contributed by atoms with Crippen LogP contribution < -0.4 is 0 Å². The average Bonchev–Trinajstić information content (AvgIpc) is 3.88. The summed E-state index contributed by atoms with van der Waals surface area (Å²) >= 11 is 0. The van der Waals surface area contributed by atoms with Gasteiger partial charge in [-0.15, -0.1) is 0 Å². The monoisotopic (exact) mass is 654 g/mol. The summed E-state index contributed by atoms with van der Waals surface area (Å²) in [5.41, 5.74) is 9.06. The van der Waals surface area contributed by atoms with Crippen LogP contribution in [0.15, 0.2) is 167 Å². The predicted molar refractivity (Wildman–Crippen MR) is 205 cm³/mol. The van der Waals surface area contributed by atoms with Crippen molar-refractivity contribution >= 4 is 65.7 Å². The van der Waals surface area contributed by atoms with Crippen molar-refractivity contribution in [2.45, 2.75) is 0 Å². The molecular weight excluding hydrogens is 629 g/mol. The van der Waals surface area contributed by atoms with Crippen LogP contribution >= 0.6 is 0 Å². The molecule has 11 rings (SSSR count). The van der Waals surface area contributed by atoms with Crippen molar-refractivity contribution in [1.29, 1.82) is 0 Å². The molecule has 6 nitrogen and oxygen atoms in total. The van der Waals surface area contributed by atoms with Crippen molar-refractivity contribution in [3.8, 4) is 39.9 Å². The van der Waals surface area contributed by atoms with E-state index >= 15 is 0 Å². The van der Waals surface area contributed by atoms with E-state index in [2.05, 4.69) is 89.5 Å². The summed E-state index contributed by atoms with van der Waals surface area (Å²) in [4.78, 5) is 14.7. The summed E-state index contributed by atoms with van der Waals surface area (Å²) in [6.07, 6.45) is 0. The minimum Gasteiger partial charge on any atom is -0.452 e. The molecule has 51 heavy (non-hydrogen) atoms. The fourth-order valence-corrected chi connectivity index (χ4v) is 7.54. The van der Waals surface area contributed by atoms with Gasteiger partial charge in [-0.25, -0.2) is 15.0 Å². The summed E-state index contributed by atoms with van der Waals surface area (Å²) in [5, 5.41) is 6.49. The highest BCUT2D eigenvalue weighted by atomic mass is 16.4. The van der Waals surface area contributed by atoms with E-state index < -0.39 is 0 Å². The highest BCUT2D eigenvalue weighted by Crippen LogP contribution is 2.43. The van der Waals surface area contributed by atoms with Gasteiger partial charge in [0.05, 0.1) is 22.1 Å². The largest absolute Gasteiger partial charge is 0.452 e. The molecule has 0 radical (unpaired) electrons. The number of rotatable bonds is 4. The molecular formula is C45H26N4O2. The molecule has 6 heteroatoms. The molecule has 0 aliphatic rings. The fourth-order valence-electron chi connectivity index (χ4n) is 7.54. The van der Waals surface area contributed by atoms with Gasteiger partial charge in [0.2, 0.25) is 0 Å². The average molecular weight is 655 g/mol. The van der Waals surface area contributed by atoms with Crippen LogP contribution in [-0.2, 0) is 0 Å². The molecule has 0 aliphatic heterocycles. The van der Waals surface area contributed by atoms with Crippen molar-refractivity contribution in [3.63, 3.8) is 0 Å². The highest BCUT2D eigenvalue weighted by molar-refractivity contribution is 6.21. The van der Waals surface area contributed by atoms with E-state index in [0.717, 1.165) is 77.3 Å². The number of hydrogen-bond acceptors (Lipinski definition) is 5. The van der Waals surface area contributed by atoms with E-state index in [-0.39, 0.29) is 0 Å². The number of benzene rings is 7. The first-order valence-electron chi connectivity index (χ1n) is 16.9. The Morgan fingerprint density at radius 2 is 0.902 bits per heavy atom. The third-order valence-electron chi connectivity index (χ3n) is 9.86. The molecule has 0 atom stereocenters. The second-order valence-corrected chi connectivity index (χ2v) is 12.8. The zero-order valence-electron chi connectivity index (χ0n) is 27.1. The van der Waals surface area contributed by atoms with Gasteiger partial charge in [-0.3, -0.25) is 0 Å². The van der Waals surface area contributed by atoms with Gasteiger partial charge >= 0.3 is 0 Å². The SMILES string of the molecule is c1ccc(-c2nc(-c3ccccc3)nc(-c3ccc4c(c3)oc3c4ccc4c3oc3cccc(-n5c6ccccc6c6ccccc65)c34)n2)cc1. The molecule has 11 aromatic rings. The van der Waals surface area contributed by atoms with Crippen LogP contribution in [0.25, 0.3) is 106 Å². The fraction of sp³-hybridized carbons (Fsp3) is 0. The maximum Gasteiger partial charge on any atom is 0.178 e.